The highest BCUT2D eigenvalue weighted by atomic mass is 79.9. The number of hydrogen-bond acceptors (Lipinski definition) is 0. The Hall–Kier alpha value is -1.67. The molecule has 0 saturated carbocycles. The van der Waals surface area contributed by atoms with Gasteiger partial charge in [-0.05, 0) is 54.6 Å². The van der Waals surface area contributed by atoms with E-state index in [-0.39, 0.29) is 0 Å². The molecule has 0 aliphatic rings. The fourth-order valence-corrected chi connectivity index (χ4v) is 2.48. The predicted octanol–water partition coefficient (Wildman–Crippen LogP) is 7.72. The van der Waals surface area contributed by atoms with E-state index < -0.39 is 7.25 Å². The standard InChI is InChI=1S/C17H11Br2O.BF4/c18-14-8-4-12(5-9-14)16-2-1-3-17(20-16)13-6-10-15(19)11-7-13;2-1(3,4)5/h1-11H;/q+1;-1. The third kappa shape index (κ3) is 7.00. The monoisotopic (exact) mass is 476 g/mol. The number of benzene rings is 2. The molecule has 0 unspecified atom stereocenters. The van der Waals surface area contributed by atoms with Crippen LogP contribution >= 0.6 is 31.9 Å². The van der Waals surface area contributed by atoms with Crippen molar-refractivity contribution in [3.8, 4) is 22.6 Å². The average molecular weight is 478 g/mol. The molecule has 130 valence electrons. The first-order chi connectivity index (χ1) is 11.7. The third-order valence-electron chi connectivity index (χ3n) is 2.97. The molecule has 1 nitrogen and oxygen atoms in total. The smallest absolute Gasteiger partial charge is 0.418 e. The van der Waals surface area contributed by atoms with Gasteiger partial charge in [0.1, 0.15) is 0 Å². The summed E-state index contributed by atoms with van der Waals surface area (Å²) in [7, 11) is -6.00. The van der Waals surface area contributed by atoms with Crippen molar-refractivity contribution < 1.29 is 21.7 Å². The van der Waals surface area contributed by atoms with Gasteiger partial charge in [-0.25, -0.2) is 4.42 Å². The van der Waals surface area contributed by atoms with Gasteiger partial charge in [-0.2, -0.15) is 0 Å². The Kier molecular flexibility index (Phi) is 6.78. The second-order valence-corrected chi connectivity index (χ2v) is 6.70. The van der Waals surface area contributed by atoms with Crippen molar-refractivity contribution >= 4 is 39.1 Å². The molecule has 2 aromatic carbocycles. The van der Waals surface area contributed by atoms with Crippen molar-refractivity contribution in [3.05, 3.63) is 75.7 Å². The van der Waals surface area contributed by atoms with E-state index in [1.54, 1.807) is 0 Å². The maximum absolute atomic E-state index is 9.75. The molecule has 0 radical (unpaired) electrons. The zero-order valence-electron chi connectivity index (χ0n) is 12.6. The van der Waals surface area contributed by atoms with Crippen molar-refractivity contribution in [1.29, 1.82) is 0 Å². The largest absolute Gasteiger partial charge is 0.673 e. The van der Waals surface area contributed by atoms with Crippen LogP contribution in [0.2, 0.25) is 0 Å². The molecule has 0 atom stereocenters. The quantitative estimate of drug-likeness (QED) is 0.209. The summed E-state index contributed by atoms with van der Waals surface area (Å²) in [5.41, 5.74) is 2.12. The molecule has 0 amide bonds. The molecule has 1 aromatic heterocycles. The molecule has 0 aliphatic heterocycles. The minimum Gasteiger partial charge on any atom is -0.418 e. The fraction of sp³-hybridized carbons (Fsp3) is 0. The molecule has 1 heterocycles. The van der Waals surface area contributed by atoms with Gasteiger partial charge in [0.15, 0.2) is 0 Å². The Morgan fingerprint density at radius 1 is 0.600 bits per heavy atom. The summed E-state index contributed by atoms with van der Waals surface area (Å²) in [4.78, 5) is 0. The maximum atomic E-state index is 9.75. The molecule has 0 bridgehead atoms. The van der Waals surface area contributed by atoms with Crippen LogP contribution in [0, 0.1) is 0 Å². The van der Waals surface area contributed by atoms with E-state index in [4.69, 9.17) is 4.42 Å². The zero-order valence-corrected chi connectivity index (χ0v) is 15.8. The van der Waals surface area contributed by atoms with E-state index in [1.807, 2.05) is 66.7 Å². The first-order valence-corrected chi connectivity index (χ1v) is 8.63. The van der Waals surface area contributed by atoms with Crippen molar-refractivity contribution in [3.63, 3.8) is 0 Å². The van der Waals surface area contributed by atoms with Crippen LogP contribution in [0.15, 0.2) is 80.1 Å². The highest BCUT2D eigenvalue weighted by Gasteiger charge is 2.20. The average Bonchev–Trinajstić information content (AvgIpc) is 2.55. The van der Waals surface area contributed by atoms with Gasteiger partial charge in [0, 0.05) is 21.1 Å². The Morgan fingerprint density at radius 3 is 1.24 bits per heavy atom. The van der Waals surface area contributed by atoms with Crippen LogP contribution in [0.3, 0.4) is 0 Å². The Balaban J connectivity index is 0.000000399. The van der Waals surface area contributed by atoms with Gasteiger partial charge in [-0.15, -0.1) is 0 Å². The molecular formula is C17H11BBr2F4O. The van der Waals surface area contributed by atoms with Crippen LogP contribution in [0.25, 0.3) is 22.6 Å². The van der Waals surface area contributed by atoms with E-state index in [0.717, 1.165) is 31.6 Å². The highest BCUT2D eigenvalue weighted by Crippen LogP contribution is 2.28. The summed E-state index contributed by atoms with van der Waals surface area (Å²) in [5, 5.41) is 0. The van der Waals surface area contributed by atoms with E-state index in [1.165, 1.54) is 0 Å². The molecule has 25 heavy (non-hydrogen) atoms. The molecular weight excluding hydrogens is 467 g/mol. The van der Waals surface area contributed by atoms with Gasteiger partial charge >= 0.3 is 18.8 Å². The second kappa shape index (κ2) is 8.62. The van der Waals surface area contributed by atoms with Crippen LogP contribution in [0.1, 0.15) is 0 Å². The van der Waals surface area contributed by atoms with Crippen LogP contribution in [0.4, 0.5) is 17.3 Å². The lowest BCUT2D eigenvalue weighted by molar-refractivity contribution is 0.368. The fourth-order valence-electron chi connectivity index (χ4n) is 1.95. The Bertz CT molecular complexity index is 755. The first kappa shape index (κ1) is 19.7. The third-order valence-corrected chi connectivity index (χ3v) is 4.03. The predicted molar refractivity (Wildman–Crippen MR) is 99.6 cm³/mol. The molecule has 0 saturated heterocycles. The summed E-state index contributed by atoms with van der Waals surface area (Å²) in [6, 6.07) is 22.2. The molecule has 3 rings (SSSR count). The van der Waals surface area contributed by atoms with Gasteiger partial charge in [0.05, 0.1) is 11.1 Å². The molecule has 0 aliphatic carbocycles. The van der Waals surface area contributed by atoms with E-state index in [9.17, 15) is 17.3 Å². The maximum Gasteiger partial charge on any atom is 0.673 e. The summed E-state index contributed by atoms with van der Waals surface area (Å²) in [5.74, 6) is 1.72. The minimum absolute atomic E-state index is 0.859. The van der Waals surface area contributed by atoms with E-state index in [2.05, 4.69) is 31.9 Å². The van der Waals surface area contributed by atoms with Crippen LogP contribution in [-0.2, 0) is 0 Å². The molecule has 8 heteroatoms. The number of hydrogen-bond donors (Lipinski definition) is 0. The summed E-state index contributed by atoms with van der Waals surface area (Å²) in [6.45, 7) is 0. The molecule has 3 aromatic rings. The topological polar surface area (TPSA) is 11.3 Å². The molecule has 0 fully saturated rings. The van der Waals surface area contributed by atoms with Crippen LogP contribution < -0.4 is 0 Å². The molecule has 0 N–H and O–H groups in total. The molecule has 0 spiro atoms. The van der Waals surface area contributed by atoms with Gasteiger partial charge in [0.2, 0.25) is 0 Å². The number of rotatable bonds is 2. The van der Waals surface area contributed by atoms with Gasteiger partial charge in [-0.1, -0.05) is 31.9 Å². The van der Waals surface area contributed by atoms with Crippen molar-refractivity contribution in [2.45, 2.75) is 0 Å². The second-order valence-electron chi connectivity index (χ2n) is 4.87. The highest BCUT2D eigenvalue weighted by molar-refractivity contribution is 9.10. The van der Waals surface area contributed by atoms with Crippen LogP contribution in [-0.4, -0.2) is 7.25 Å². The Labute approximate surface area is 159 Å². The normalized spacial score (nSPS) is 10.8. The van der Waals surface area contributed by atoms with Gasteiger partial charge in [0.25, 0.3) is 0 Å². The number of halogens is 6. The van der Waals surface area contributed by atoms with Gasteiger partial charge in [-0.3, -0.25) is 0 Å². The Morgan fingerprint density at radius 2 is 0.920 bits per heavy atom. The zero-order chi connectivity index (χ0) is 18.4. The lowest BCUT2D eigenvalue weighted by Crippen LogP contribution is -2.02. The lowest BCUT2D eigenvalue weighted by Gasteiger charge is -1.95. The van der Waals surface area contributed by atoms with Gasteiger partial charge < -0.3 is 17.3 Å². The van der Waals surface area contributed by atoms with Crippen molar-refractivity contribution in [1.82, 2.24) is 0 Å². The minimum atomic E-state index is -6.00. The SMILES string of the molecule is Brc1ccc(-c2cccc(-c3ccc(Br)cc3)[o+]2)cc1.F[B-](F)(F)F. The van der Waals surface area contributed by atoms with E-state index in [0.29, 0.717) is 0 Å². The van der Waals surface area contributed by atoms with Crippen molar-refractivity contribution in [2.24, 2.45) is 0 Å². The van der Waals surface area contributed by atoms with E-state index >= 15 is 0 Å². The first-order valence-electron chi connectivity index (χ1n) is 7.05. The summed E-state index contributed by atoms with van der Waals surface area (Å²) in [6.07, 6.45) is 0. The summed E-state index contributed by atoms with van der Waals surface area (Å²) >= 11 is 6.88. The van der Waals surface area contributed by atoms with Crippen molar-refractivity contribution in [2.75, 3.05) is 0 Å². The summed E-state index contributed by atoms with van der Waals surface area (Å²) < 4.78 is 47.1. The van der Waals surface area contributed by atoms with Crippen LogP contribution in [0.5, 0.6) is 0 Å². The lowest BCUT2D eigenvalue weighted by atomic mass is 10.1.